The first kappa shape index (κ1) is 18.8. The van der Waals surface area contributed by atoms with Crippen molar-refractivity contribution in [1.29, 1.82) is 0 Å². The summed E-state index contributed by atoms with van der Waals surface area (Å²) in [6, 6.07) is 11.6. The molecule has 0 atom stereocenters. The van der Waals surface area contributed by atoms with E-state index < -0.39 is 11.8 Å². The Balaban J connectivity index is 1.92. The summed E-state index contributed by atoms with van der Waals surface area (Å²) in [5, 5.41) is 6.87. The Morgan fingerprint density at radius 2 is 1.88 bits per heavy atom. The van der Waals surface area contributed by atoms with Crippen molar-refractivity contribution in [2.45, 2.75) is 6.92 Å². The highest BCUT2D eigenvalue weighted by molar-refractivity contribution is 6.41. The summed E-state index contributed by atoms with van der Waals surface area (Å²) in [6.45, 7) is 2.36. The maximum Gasteiger partial charge on any atom is 0.329 e. The SMILES string of the molecule is CCOc1ccc(/C=N\NC(=O)C(=O)Nc2ccccc2Cl)cc1Cl. The van der Waals surface area contributed by atoms with Gasteiger partial charge in [0.15, 0.2) is 0 Å². The number of nitrogens with one attached hydrogen (secondary N) is 2. The third-order valence-corrected chi connectivity index (χ3v) is 3.59. The third kappa shape index (κ3) is 5.48. The lowest BCUT2D eigenvalue weighted by Crippen LogP contribution is -2.32. The van der Waals surface area contributed by atoms with Gasteiger partial charge in [-0.1, -0.05) is 35.3 Å². The molecular formula is C17H15Cl2N3O3. The van der Waals surface area contributed by atoms with E-state index in [1.165, 1.54) is 6.21 Å². The number of para-hydroxylation sites is 1. The Morgan fingerprint density at radius 1 is 1.12 bits per heavy atom. The largest absolute Gasteiger partial charge is 0.492 e. The van der Waals surface area contributed by atoms with Crippen LogP contribution in [-0.2, 0) is 9.59 Å². The lowest BCUT2D eigenvalue weighted by molar-refractivity contribution is -0.136. The first-order valence-electron chi connectivity index (χ1n) is 7.32. The minimum absolute atomic E-state index is 0.330. The van der Waals surface area contributed by atoms with Gasteiger partial charge in [0.2, 0.25) is 0 Å². The number of benzene rings is 2. The zero-order chi connectivity index (χ0) is 18.2. The first-order valence-corrected chi connectivity index (χ1v) is 8.08. The number of hydrazone groups is 1. The van der Waals surface area contributed by atoms with E-state index in [2.05, 4.69) is 15.8 Å². The Bertz CT molecular complexity index is 809. The van der Waals surface area contributed by atoms with Crippen molar-refractivity contribution in [3.8, 4) is 5.75 Å². The monoisotopic (exact) mass is 379 g/mol. The lowest BCUT2D eigenvalue weighted by atomic mass is 10.2. The summed E-state index contributed by atoms with van der Waals surface area (Å²) in [4.78, 5) is 23.5. The summed E-state index contributed by atoms with van der Waals surface area (Å²) in [5.74, 6) is -1.24. The number of hydrogen-bond donors (Lipinski definition) is 2. The molecule has 0 bridgehead atoms. The van der Waals surface area contributed by atoms with Crippen LogP contribution in [0.1, 0.15) is 12.5 Å². The molecule has 2 N–H and O–H groups in total. The van der Waals surface area contributed by atoms with Crippen LogP contribution in [0, 0.1) is 0 Å². The van der Waals surface area contributed by atoms with Crippen LogP contribution in [0.4, 0.5) is 5.69 Å². The number of carbonyl (C=O) groups is 2. The van der Waals surface area contributed by atoms with E-state index in [9.17, 15) is 9.59 Å². The molecule has 0 heterocycles. The van der Waals surface area contributed by atoms with Gasteiger partial charge in [0, 0.05) is 0 Å². The minimum Gasteiger partial charge on any atom is -0.492 e. The number of rotatable bonds is 5. The quantitative estimate of drug-likeness (QED) is 0.474. The molecule has 0 radical (unpaired) electrons. The van der Waals surface area contributed by atoms with Gasteiger partial charge in [0.25, 0.3) is 0 Å². The van der Waals surface area contributed by atoms with Crippen LogP contribution < -0.4 is 15.5 Å². The molecule has 0 unspecified atom stereocenters. The summed E-state index contributed by atoms with van der Waals surface area (Å²) in [6.07, 6.45) is 1.36. The number of halogens is 2. The highest BCUT2D eigenvalue weighted by Crippen LogP contribution is 2.24. The van der Waals surface area contributed by atoms with Gasteiger partial charge in [0.05, 0.1) is 28.6 Å². The highest BCUT2D eigenvalue weighted by atomic mass is 35.5. The van der Waals surface area contributed by atoms with Crippen LogP contribution in [0.2, 0.25) is 10.0 Å². The fourth-order valence-electron chi connectivity index (χ4n) is 1.83. The average Bonchev–Trinajstić information content (AvgIpc) is 2.59. The summed E-state index contributed by atoms with van der Waals surface area (Å²) in [7, 11) is 0. The second-order valence-corrected chi connectivity index (χ2v) is 5.57. The van der Waals surface area contributed by atoms with Crippen molar-refractivity contribution in [3.63, 3.8) is 0 Å². The van der Waals surface area contributed by atoms with Crippen molar-refractivity contribution in [2.24, 2.45) is 5.10 Å². The smallest absolute Gasteiger partial charge is 0.329 e. The molecule has 0 aromatic heterocycles. The van der Waals surface area contributed by atoms with E-state index in [0.717, 1.165) is 0 Å². The highest BCUT2D eigenvalue weighted by Gasteiger charge is 2.14. The predicted molar refractivity (Wildman–Crippen MR) is 98.4 cm³/mol. The molecule has 0 aliphatic carbocycles. The molecule has 6 nitrogen and oxygen atoms in total. The van der Waals surface area contributed by atoms with Gasteiger partial charge in [-0.05, 0) is 42.8 Å². The second kappa shape index (κ2) is 9.05. The van der Waals surface area contributed by atoms with Crippen molar-refractivity contribution in [1.82, 2.24) is 5.43 Å². The predicted octanol–water partition coefficient (Wildman–Crippen LogP) is 3.48. The lowest BCUT2D eigenvalue weighted by Gasteiger charge is -2.06. The number of ether oxygens (including phenoxy) is 1. The molecule has 2 aromatic rings. The normalized spacial score (nSPS) is 10.5. The van der Waals surface area contributed by atoms with E-state index >= 15 is 0 Å². The Kier molecular flexibility index (Phi) is 6.80. The molecule has 130 valence electrons. The molecular weight excluding hydrogens is 365 g/mol. The number of amides is 2. The molecule has 2 aromatic carbocycles. The summed E-state index contributed by atoms with van der Waals surface area (Å²) in [5.41, 5.74) is 3.11. The van der Waals surface area contributed by atoms with E-state index in [1.807, 2.05) is 6.92 Å². The number of hydrogen-bond acceptors (Lipinski definition) is 4. The van der Waals surface area contributed by atoms with E-state index in [-0.39, 0.29) is 0 Å². The van der Waals surface area contributed by atoms with Crippen LogP contribution in [0.5, 0.6) is 5.75 Å². The van der Waals surface area contributed by atoms with Crippen LogP contribution in [0.25, 0.3) is 0 Å². The molecule has 0 aliphatic rings. The number of carbonyl (C=O) groups excluding carboxylic acids is 2. The van der Waals surface area contributed by atoms with Crippen molar-refractivity contribution in [2.75, 3.05) is 11.9 Å². The first-order chi connectivity index (χ1) is 12.0. The average molecular weight is 380 g/mol. The third-order valence-electron chi connectivity index (χ3n) is 2.96. The number of nitrogens with zero attached hydrogens (tertiary/aromatic N) is 1. The van der Waals surface area contributed by atoms with Crippen LogP contribution in [0.15, 0.2) is 47.6 Å². The fraction of sp³-hybridized carbons (Fsp3) is 0.118. The van der Waals surface area contributed by atoms with Gasteiger partial charge in [-0.2, -0.15) is 5.10 Å². The zero-order valence-corrected chi connectivity index (χ0v) is 14.8. The standard InChI is InChI=1S/C17H15Cl2N3O3/c1-2-25-15-8-7-11(9-13(15)19)10-20-22-17(24)16(23)21-14-6-4-3-5-12(14)18/h3-10H,2H2,1H3,(H,21,23)(H,22,24)/b20-10-. The molecule has 8 heteroatoms. The molecule has 0 saturated carbocycles. The Labute approximate surface area is 154 Å². The van der Waals surface area contributed by atoms with Crippen LogP contribution in [-0.4, -0.2) is 24.6 Å². The Morgan fingerprint density at radius 3 is 2.56 bits per heavy atom. The maximum absolute atomic E-state index is 11.8. The molecule has 0 aliphatic heterocycles. The molecule has 0 spiro atoms. The topological polar surface area (TPSA) is 79.8 Å². The fourth-order valence-corrected chi connectivity index (χ4v) is 2.25. The molecule has 2 amide bonds. The van der Waals surface area contributed by atoms with Gasteiger partial charge in [-0.15, -0.1) is 0 Å². The molecule has 25 heavy (non-hydrogen) atoms. The van der Waals surface area contributed by atoms with E-state index in [4.69, 9.17) is 27.9 Å². The van der Waals surface area contributed by atoms with Crippen LogP contribution >= 0.6 is 23.2 Å². The van der Waals surface area contributed by atoms with Gasteiger partial charge in [-0.3, -0.25) is 9.59 Å². The van der Waals surface area contributed by atoms with Gasteiger partial charge < -0.3 is 10.1 Å². The Hall–Kier alpha value is -2.57. The van der Waals surface area contributed by atoms with E-state index in [0.29, 0.717) is 33.7 Å². The van der Waals surface area contributed by atoms with Crippen LogP contribution in [0.3, 0.4) is 0 Å². The van der Waals surface area contributed by atoms with Crippen molar-refractivity contribution < 1.29 is 14.3 Å². The van der Waals surface area contributed by atoms with Crippen molar-refractivity contribution >= 4 is 46.9 Å². The van der Waals surface area contributed by atoms with Gasteiger partial charge in [0.1, 0.15) is 5.75 Å². The second-order valence-electron chi connectivity index (χ2n) is 4.76. The molecule has 2 rings (SSSR count). The zero-order valence-electron chi connectivity index (χ0n) is 13.3. The minimum atomic E-state index is -0.923. The van der Waals surface area contributed by atoms with Crippen molar-refractivity contribution in [3.05, 3.63) is 58.1 Å². The van der Waals surface area contributed by atoms with Gasteiger partial charge in [-0.25, -0.2) is 5.43 Å². The summed E-state index contributed by atoms with van der Waals surface area (Å²) < 4.78 is 5.32. The summed E-state index contributed by atoms with van der Waals surface area (Å²) >= 11 is 12.0. The van der Waals surface area contributed by atoms with Gasteiger partial charge >= 0.3 is 11.8 Å². The molecule has 0 saturated heterocycles. The van der Waals surface area contributed by atoms with E-state index in [1.54, 1.807) is 42.5 Å². The molecule has 0 fully saturated rings. The maximum atomic E-state index is 11.8. The number of anilines is 1.